The molecular formula is C143H98N6. The van der Waals surface area contributed by atoms with Gasteiger partial charge in [0.05, 0.1) is 83.0 Å². The first-order valence-corrected chi connectivity index (χ1v) is 51.8. The smallest absolute Gasteiger partial charge is 0.0734 e. The molecular weight excluding hydrogens is 1800 g/mol. The minimum Gasteiger partial charge on any atom is -0.309 e. The fourth-order valence-electron chi connectivity index (χ4n) is 25.6. The Morgan fingerprint density at radius 1 is 0.154 bits per heavy atom. The van der Waals surface area contributed by atoms with Crippen molar-refractivity contribution in [1.29, 1.82) is 0 Å². The summed E-state index contributed by atoms with van der Waals surface area (Å²) in [5, 5.41) is 15.2. The van der Waals surface area contributed by atoms with E-state index in [1.165, 1.54) is 271 Å². The zero-order valence-electron chi connectivity index (χ0n) is 82.6. The van der Waals surface area contributed by atoms with Crippen LogP contribution in [0.1, 0.15) is 52.8 Å². The van der Waals surface area contributed by atoms with Crippen LogP contribution in [0, 0.1) is 6.92 Å². The topological polar surface area (TPSA) is 29.6 Å². The van der Waals surface area contributed by atoms with E-state index in [4.69, 9.17) is 0 Å². The monoisotopic (exact) mass is 1900 g/mol. The van der Waals surface area contributed by atoms with Crippen molar-refractivity contribution in [2.45, 2.75) is 31.6 Å². The Morgan fingerprint density at radius 2 is 0.403 bits per heavy atom. The molecule has 0 saturated heterocycles. The van der Waals surface area contributed by atoms with Crippen LogP contribution in [0.25, 0.3) is 232 Å². The summed E-state index contributed by atoms with van der Waals surface area (Å²) in [6, 6.07) is 198. The molecule has 0 spiro atoms. The molecule has 23 aromatic carbocycles. The van der Waals surface area contributed by atoms with Gasteiger partial charge in [-0.1, -0.05) is 383 Å². The molecule has 0 aliphatic heterocycles. The number of hydrogen-bond donors (Lipinski definition) is 0. The maximum Gasteiger partial charge on any atom is 0.0734 e. The lowest BCUT2D eigenvalue weighted by Gasteiger charge is -2.35. The normalized spacial score (nSPS) is 12.8. The molecule has 149 heavy (non-hydrogen) atoms. The zero-order valence-corrected chi connectivity index (χ0v) is 82.6. The van der Waals surface area contributed by atoms with Crippen LogP contribution in [0.5, 0.6) is 0 Å². The third-order valence-corrected chi connectivity index (χ3v) is 32.0. The Balaban J connectivity index is 0.000000106. The summed E-state index contributed by atoms with van der Waals surface area (Å²) in [5.41, 5.74) is 45.4. The molecule has 6 aromatic heterocycles. The summed E-state index contributed by atoms with van der Waals surface area (Å²) >= 11 is 0. The van der Waals surface area contributed by atoms with Gasteiger partial charge in [0.25, 0.3) is 0 Å². The highest BCUT2D eigenvalue weighted by Crippen LogP contribution is 2.60. The highest BCUT2D eigenvalue weighted by molar-refractivity contribution is 6.18. The Labute approximate surface area is 863 Å². The fraction of sp³-hybridized carbons (Fsp3) is 0.0350. The van der Waals surface area contributed by atoms with Gasteiger partial charge in [0, 0.05) is 98.4 Å². The van der Waals surface area contributed by atoms with Gasteiger partial charge in [0.2, 0.25) is 0 Å². The average Bonchev–Trinajstić information content (AvgIpc) is 1.52. The van der Waals surface area contributed by atoms with Gasteiger partial charge < -0.3 is 27.4 Å². The van der Waals surface area contributed by atoms with Crippen molar-refractivity contribution >= 4 is 131 Å². The van der Waals surface area contributed by atoms with Crippen LogP contribution in [0.2, 0.25) is 0 Å². The number of hydrogen-bond acceptors (Lipinski definition) is 0. The molecule has 6 heteroatoms. The van der Waals surface area contributed by atoms with E-state index in [1.807, 2.05) is 0 Å². The molecule has 700 valence electrons. The first kappa shape index (κ1) is 86.5. The summed E-state index contributed by atoms with van der Waals surface area (Å²) in [6.07, 6.45) is 0. The number of para-hydroxylation sites is 8. The van der Waals surface area contributed by atoms with E-state index in [1.54, 1.807) is 0 Å². The van der Waals surface area contributed by atoms with E-state index in [0.29, 0.717) is 0 Å². The molecule has 0 N–H and O–H groups in total. The molecule has 2 aliphatic carbocycles. The van der Waals surface area contributed by atoms with Crippen LogP contribution >= 0.6 is 0 Å². The molecule has 0 unspecified atom stereocenters. The third kappa shape index (κ3) is 13.6. The number of rotatable bonds is 12. The molecule has 6 heterocycles. The molecule has 29 aromatic rings. The number of benzene rings is 23. The molecule has 0 saturated carbocycles. The molecule has 0 bridgehead atoms. The van der Waals surface area contributed by atoms with E-state index >= 15 is 0 Å². The second kappa shape index (κ2) is 34.6. The van der Waals surface area contributed by atoms with Crippen LogP contribution in [0.4, 0.5) is 0 Å². The molecule has 0 radical (unpaired) electrons. The first-order chi connectivity index (χ1) is 73.6. The number of nitrogens with zero attached hydrogens (tertiary/aromatic N) is 6. The second-order valence-corrected chi connectivity index (χ2v) is 40.5. The van der Waals surface area contributed by atoms with E-state index < -0.39 is 5.41 Å². The van der Waals surface area contributed by atoms with Gasteiger partial charge >= 0.3 is 0 Å². The van der Waals surface area contributed by atoms with Gasteiger partial charge in [-0.05, 0) is 277 Å². The number of aryl methyl sites for hydroxylation is 1. The maximum absolute atomic E-state index is 2.52. The van der Waals surface area contributed by atoms with Crippen LogP contribution in [-0.4, -0.2) is 27.4 Å². The van der Waals surface area contributed by atoms with Crippen molar-refractivity contribution < 1.29 is 0 Å². The largest absolute Gasteiger partial charge is 0.309 e. The Hall–Kier alpha value is -19.1. The van der Waals surface area contributed by atoms with Crippen molar-refractivity contribution in [2.75, 3.05) is 0 Å². The van der Waals surface area contributed by atoms with Crippen molar-refractivity contribution in [3.05, 3.63) is 579 Å². The highest BCUT2D eigenvalue weighted by Gasteiger charge is 2.48. The van der Waals surface area contributed by atoms with Crippen molar-refractivity contribution in [1.82, 2.24) is 27.4 Å². The van der Waals surface area contributed by atoms with E-state index in [2.05, 4.69) is 588 Å². The number of fused-ring (bicyclic) bond motifs is 24. The summed E-state index contributed by atoms with van der Waals surface area (Å²) < 4.78 is 14.6. The second-order valence-electron chi connectivity index (χ2n) is 40.5. The Kier molecular flexibility index (Phi) is 20.1. The molecule has 2 aliphatic rings. The molecule has 31 rings (SSSR count). The summed E-state index contributed by atoms with van der Waals surface area (Å²) in [5.74, 6) is 0. The molecule has 0 atom stereocenters. The van der Waals surface area contributed by atoms with Gasteiger partial charge in [-0.3, -0.25) is 0 Å². The summed E-state index contributed by atoms with van der Waals surface area (Å²) in [6.45, 7) is 6.92. The standard InChI is InChI=1S/C55H36N2.C45H32N2.C43H30N2/c1-4-17-39(18-5-1)55(40-19-6-2-7-20-40)48-27-13-10-23-42(48)45-26-16-30-53(54(45)55)57-50-29-15-12-25-44(50)47-36-38(32-34-52(47)57)37-31-33-51-46(35-37)43-24-11-14-28-49(43)56(51)41-21-8-3-9-22-41;1-45(2)38-19-9-6-15-32(38)35-18-12-22-43(44(35)45)47-40-21-11-8-17-34(40)37-28-30(24-26-42(37)47)29-23-25-41-36(27-29)33-16-7-10-20-39(33)46(41)31-13-4-3-5-14-31;1-29-19-22-41-37(25-29)39-28-33(21-24-43(39)44(41)34-14-6-3-7-15-34)32-20-23-42-38(27-32)36-17-8-9-18-40(36)45(42)35-16-10-13-31(26-35)30-11-4-2-5-12-30/h1-36H;3-28H,1-2H3;2-28H,1H3. The predicted molar refractivity (Wildman–Crippen MR) is 627 cm³/mol. The van der Waals surface area contributed by atoms with Crippen LogP contribution in [0.3, 0.4) is 0 Å². The minimum absolute atomic E-state index is 0.103. The quantitative estimate of drug-likeness (QED) is 0.117. The maximum atomic E-state index is 2.52. The van der Waals surface area contributed by atoms with Gasteiger partial charge in [-0.25, -0.2) is 0 Å². The van der Waals surface area contributed by atoms with Crippen molar-refractivity contribution in [3.8, 4) is 101 Å². The minimum atomic E-state index is -0.517. The van der Waals surface area contributed by atoms with Crippen LogP contribution in [0.15, 0.2) is 540 Å². The Morgan fingerprint density at radius 3 is 0.799 bits per heavy atom. The summed E-state index contributed by atoms with van der Waals surface area (Å²) in [4.78, 5) is 0. The van der Waals surface area contributed by atoms with Crippen LogP contribution in [-0.2, 0) is 10.8 Å². The SMILES string of the molecule is CC1(C)c2ccccc2-c2cccc(-n3c4ccccc4c4cc(-c5ccc6c(c5)c5ccccc5n6-c5ccccc5)ccc43)c21.Cc1ccc2c(c1)c1cc(-c3ccc4c(c3)c3ccccc3n4-c3cccc(-c4ccccc4)c3)ccc1n2-c1ccccc1.c1ccc(-n2c3ccccc3c3cc(-c4ccc5c(c4)c4ccccc4n5-c4cccc5c4C(c4ccccc4)(c4ccccc4)c4ccccc4-5)ccc32)cc1. The van der Waals surface area contributed by atoms with E-state index in [-0.39, 0.29) is 5.41 Å². The summed E-state index contributed by atoms with van der Waals surface area (Å²) in [7, 11) is 0. The lowest BCUT2D eigenvalue weighted by molar-refractivity contribution is 0.656. The lowest BCUT2D eigenvalue weighted by Crippen LogP contribution is -2.29. The fourth-order valence-corrected chi connectivity index (χ4v) is 25.6. The van der Waals surface area contributed by atoms with Gasteiger partial charge in [-0.2, -0.15) is 0 Å². The van der Waals surface area contributed by atoms with Crippen LogP contribution < -0.4 is 0 Å². The van der Waals surface area contributed by atoms with E-state index in [0.717, 1.165) is 0 Å². The molecule has 0 fully saturated rings. The molecule has 0 amide bonds. The van der Waals surface area contributed by atoms with E-state index in [9.17, 15) is 0 Å². The third-order valence-electron chi connectivity index (χ3n) is 32.0. The zero-order chi connectivity index (χ0) is 98.7. The van der Waals surface area contributed by atoms with Crippen molar-refractivity contribution in [3.63, 3.8) is 0 Å². The predicted octanol–water partition coefficient (Wildman–Crippen LogP) is 37.3. The van der Waals surface area contributed by atoms with Gasteiger partial charge in [0.15, 0.2) is 0 Å². The van der Waals surface area contributed by atoms with Gasteiger partial charge in [-0.15, -0.1) is 0 Å². The lowest BCUT2D eigenvalue weighted by atomic mass is 9.67. The van der Waals surface area contributed by atoms with Crippen molar-refractivity contribution in [2.24, 2.45) is 0 Å². The van der Waals surface area contributed by atoms with Gasteiger partial charge in [0.1, 0.15) is 0 Å². The Bertz CT molecular complexity index is 10400. The first-order valence-electron chi connectivity index (χ1n) is 51.8. The molecule has 6 nitrogen and oxygen atoms in total. The average molecular weight is 1900 g/mol. The number of aromatic nitrogens is 6. The highest BCUT2D eigenvalue weighted by atomic mass is 15.0.